The van der Waals surface area contributed by atoms with E-state index in [2.05, 4.69) is 9.97 Å². The Morgan fingerprint density at radius 1 is 1.37 bits per heavy atom. The lowest BCUT2D eigenvalue weighted by atomic mass is 10.3. The van der Waals surface area contributed by atoms with E-state index in [-0.39, 0.29) is 17.9 Å². The van der Waals surface area contributed by atoms with Crippen molar-refractivity contribution >= 4 is 5.97 Å². The zero-order chi connectivity index (χ0) is 13.7. The van der Waals surface area contributed by atoms with E-state index in [9.17, 15) is 9.59 Å². The lowest BCUT2D eigenvalue weighted by Gasteiger charge is -2.06. The fraction of sp³-hybridized carbons (Fsp3) is 0.231. The van der Waals surface area contributed by atoms with Crippen molar-refractivity contribution in [3.8, 4) is 0 Å². The van der Waals surface area contributed by atoms with Crippen molar-refractivity contribution in [2.24, 2.45) is 0 Å². The molecule has 0 bridgehead atoms. The van der Waals surface area contributed by atoms with E-state index in [1.54, 1.807) is 31.3 Å². The summed E-state index contributed by atoms with van der Waals surface area (Å²) in [5, 5.41) is 0. The molecule has 6 heteroatoms. The quantitative estimate of drug-likeness (QED) is 0.759. The Balaban J connectivity index is 1.91. The van der Waals surface area contributed by atoms with Crippen LogP contribution in [-0.2, 0) is 11.3 Å². The predicted molar refractivity (Wildman–Crippen MR) is 67.8 cm³/mol. The van der Waals surface area contributed by atoms with Crippen molar-refractivity contribution in [2.75, 3.05) is 6.61 Å². The predicted octanol–water partition coefficient (Wildman–Crippen LogP) is 0.804. The fourth-order valence-corrected chi connectivity index (χ4v) is 1.52. The standard InChI is InChI=1S/C13H13N3O3/c1-10-8-11(15-9-14-10)13(18)19-7-6-16-5-3-2-4-12(16)17/h2-5,8-9H,6-7H2,1H3. The van der Waals surface area contributed by atoms with Crippen LogP contribution in [0.25, 0.3) is 0 Å². The molecule has 0 aliphatic rings. The topological polar surface area (TPSA) is 74.1 Å². The fourth-order valence-electron chi connectivity index (χ4n) is 1.52. The van der Waals surface area contributed by atoms with Crippen molar-refractivity contribution < 1.29 is 9.53 Å². The van der Waals surface area contributed by atoms with Gasteiger partial charge in [0.25, 0.3) is 5.56 Å². The number of carbonyl (C=O) groups excluding carboxylic acids is 1. The van der Waals surface area contributed by atoms with Crippen LogP contribution in [0, 0.1) is 6.92 Å². The third-order valence-electron chi connectivity index (χ3n) is 2.48. The van der Waals surface area contributed by atoms with Crippen LogP contribution >= 0.6 is 0 Å². The summed E-state index contributed by atoms with van der Waals surface area (Å²) in [6.45, 7) is 2.20. The lowest BCUT2D eigenvalue weighted by Crippen LogP contribution is -2.21. The monoisotopic (exact) mass is 259 g/mol. The summed E-state index contributed by atoms with van der Waals surface area (Å²) in [7, 11) is 0. The average molecular weight is 259 g/mol. The Bertz CT molecular complexity index is 637. The first-order valence-electron chi connectivity index (χ1n) is 5.78. The molecule has 0 N–H and O–H groups in total. The molecule has 2 aromatic heterocycles. The molecule has 0 atom stereocenters. The molecule has 98 valence electrons. The molecular formula is C13H13N3O3. The Morgan fingerprint density at radius 3 is 2.95 bits per heavy atom. The molecule has 0 unspecified atom stereocenters. The number of aryl methyl sites for hydroxylation is 1. The molecule has 2 rings (SSSR count). The SMILES string of the molecule is Cc1cc(C(=O)OCCn2ccccc2=O)ncn1. The highest BCUT2D eigenvalue weighted by Crippen LogP contribution is 1.99. The highest BCUT2D eigenvalue weighted by atomic mass is 16.5. The normalized spacial score (nSPS) is 10.2. The van der Waals surface area contributed by atoms with Gasteiger partial charge >= 0.3 is 5.97 Å². The van der Waals surface area contributed by atoms with Gasteiger partial charge in [-0.25, -0.2) is 14.8 Å². The first kappa shape index (κ1) is 12.9. The summed E-state index contributed by atoms with van der Waals surface area (Å²) in [6, 6.07) is 6.41. The second-order valence-electron chi connectivity index (χ2n) is 3.91. The Hall–Kier alpha value is -2.50. The maximum Gasteiger partial charge on any atom is 0.357 e. The van der Waals surface area contributed by atoms with Crippen LogP contribution in [0.5, 0.6) is 0 Å². The minimum absolute atomic E-state index is 0.117. The third-order valence-corrected chi connectivity index (χ3v) is 2.48. The molecule has 2 heterocycles. The van der Waals surface area contributed by atoms with Gasteiger partial charge in [-0.2, -0.15) is 0 Å². The average Bonchev–Trinajstić information content (AvgIpc) is 2.41. The smallest absolute Gasteiger partial charge is 0.357 e. The molecule has 19 heavy (non-hydrogen) atoms. The summed E-state index contributed by atoms with van der Waals surface area (Å²) in [4.78, 5) is 30.8. The summed E-state index contributed by atoms with van der Waals surface area (Å²) in [5.74, 6) is -0.519. The van der Waals surface area contributed by atoms with Crippen LogP contribution in [0.1, 0.15) is 16.2 Å². The molecule has 0 aromatic carbocycles. The van der Waals surface area contributed by atoms with Crippen LogP contribution in [-0.4, -0.2) is 27.1 Å². The van der Waals surface area contributed by atoms with Gasteiger partial charge in [-0.1, -0.05) is 6.07 Å². The van der Waals surface area contributed by atoms with Crippen LogP contribution in [0.3, 0.4) is 0 Å². The van der Waals surface area contributed by atoms with E-state index in [0.717, 1.165) is 0 Å². The van der Waals surface area contributed by atoms with Crippen molar-refractivity contribution in [1.82, 2.24) is 14.5 Å². The number of aromatic nitrogens is 3. The van der Waals surface area contributed by atoms with Gasteiger partial charge in [0.2, 0.25) is 0 Å². The minimum Gasteiger partial charge on any atom is -0.459 e. The van der Waals surface area contributed by atoms with Crippen LogP contribution in [0.4, 0.5) is 0 Å². The minimum atomic E-state index is -0.519. The Kier molecular flexibility index (Phi) is 4.02. The summed E-state index contributed by atoms with van der Waals surface area (Å²) >= 11 is 0. The molecule has 0 fully saturated rings. The molecule has 0 amide bonds. The zero-order valence-electron chi connectivity index (χ0n) is 10.4. The van der Waals surface area contributed by atoms with E-state index in [0.29, 0.717) is 12.2 Å². The first-order valence-corrected chi connectivity index (χ1v) is 5.78. The number of carbonyl (C=O) groups is 1. The van der Waals surface area contributed by atoms with Gasteiger partial charge < -0.3 is 9.30 Å². The molecule has 2 aromatic rings. The number of hydrogen-bond acceptors (Lipinski definition) is 5. The molecule has 0 aliphatic carbocycles. The lowest BCUT2D eigenvalue weighted by molar-refractivity contribution is 0.0483. The van der Waals surface area contributed by atoms with Gasteiger partial charge in [0, 0.05) is 18.0 Å². The number of hydrogen-bond donors (Lipinski definition) is 0. The number of ether oxygens (including phenoxy) is 1. The van der Waals surface area contributed by atoms with E-state index in [4.69, 9.17) is 4.74 Å². The number of pyridine rings is 1. The van der Waals surface area contributed by atoms with Crippen LogP contribution < -0.4 is 5.56 Å². The number of nitrogens with zero attached hydrogens (tertiary/aromatic N) is 3. The van der Waals surface area contributed by atoms with E-state index < -0.39 is 5.97 Å². The molecule has 0 spiro atoms. The molecule has 0 aliphatic heterocycles. The van der Waals surface area contributed by atoms with Gasteiger partial charge in [0.15, 0.2) is 5.69 Å². The Morgan fingerprint density at radius 2 is 2.21 bits per heavy atom. The molecule has 6 nitrogen and oxygen atoms in total. The maximum atomic E-state index is 11.7. The maximum absolute atomic E-state index is 11.7. The summed E-state index contributed by atoms with van der Waals surface area (Å²) in [6.07, 6.45) is 2.96. The van der Waals surface area contributed by atoms with Crippen molar-refractivity contribution in [2.45, 2.75) is 13.5 Å². The van der Waals surface area contributed by atoms with E-state index in [1.807, 2.05) is 0 Å². The second-order valence-corrected chi connectivity index (χ2v) is 3.91. The van der Waals surface area contributed by atoms with Gasteiger partial charge in [-0.05, 0) is 19.1 Å². The molecule has 0 saturated heterocycles. The molecular weight excluding hydrogens is 246 g/mol. The van der Waals surface area contributed by atoms with Crippen LogP contribution in [0.15, 0.2) is 41.6 Å². The highest BCUT2D eigenvalue weighted by molar-refractivity contribution is 5.87. The first-order chi connectivity index (χ1) is 9.16. The van der Waals surface area contributed by atoms with Crippen LogP contribution in [0.2, 0.25) is 0 Å². The summed E-state index contributed by atoms with van der Waals surface area (Å²) in [5.41, 5.74) is 0.783. The van der Waals surface area contributed by atoms with E-state index >= 15 is 0 Å². The van der Waals surface area contributed by atoms with Crippen molar-refractivity contribution in [1.29, 1.82) is 0 Å². The highest BCUT2D eigenvalue weighted by Gasteiger charge is 2.08. The van der Waals surface area contributed by atoms with Crippen molar-refractivity contribution in [3.05, 3.63) is 58.5 Å². The van der Waals surface area contributed by atoms with Crippen molar-refractivity contribution in [3.63, 3.8) is 0 Å². The van der Waals surface area contributed by atoms with Gasteiger partial charge in [0.05, 0.1) is 6.54 Å². The largest absolute Gasteiger partial charge is 0.459 e. The number of esters is 1. The second kappa shape index (κ2) is 5.90. The zero-order valence-corrected chi connectivity index (χ0v) is 10.4. The Labute approximate surface area is 109 Å². The number of rotatable bonds is 4. The van der Waals surface area contributed by atoms with Gasteiger partial charge in [0.1, 0.15) is 12.9 Å². The molecule has 0 saturated carbocycles. The van der Waals surface area contributed by atoms with Gasteiger partial charge in [-0.15, -0.1) is 0 Å². The van der Waals surface area contributed by atoms with E-state index in [1.165, 1.54) is 17.0 Å². The summed E-state index contributed by atoms with van der Waals surface area (Å²) < 4.78 is 6.52. The molecule has 0 radical (unpaired) electrons. The van der Waals surface area contributed by atoms with Gasteiger partial charge in [-0.3, -0.25) is 4.79 Å². The third kappa shape index (κ3) is 3.48.